The number of carbonyl (C=O) groups excluding carboxylic acids is 1. The summed E-state index contributed by atoms with van der Waals surface area (Å²) in [5, 5.41) is 16.4. The van der Waals surface area contributed by atoms with Gasteiger partial charge in [0.2, 0.25) is 11.8 Å². The number of hydrogen-bond donors (Lipinski definition) is 0. The van der Waals surface area contributed by atoms with E-state index in [2.05, 4.69) is 20.4 Å². The molecule has 3 aromatic rings. The lowest BCUT2D eigenvalue weighted by Gasteiger charge is -2.32. The molecule has 0 saturated carbocycles. The average molecular weight is 380 g/mol. The molecule has 1 amide bonds. The summed E-state index contributed by atoms with van der Waals surface area (Å²) in [7, 11) is 1.53. The van der Waals surface area contributed by atoms with E-state index in [1.165, 1.54) is 18.1 Å². The summed E-state index contributed by atoms with van der Waals surface area (Å²) in [6, 6.07) is 12.9. The summed E-state index contributed by atoms with van der Waals surface area (Å²) in [4.78, 5) is 16.0. The third-order valence-electron chi connectivity index (χ3n) is 4.48. The van der Waals surface area contributed by atoms with Gasteiger partial charge in [-0.2, -0.15) is 9.90 Å². The van der Waals surface area contributed by atoms with Crippen molar-refractivity contribution < 1.29 is 14.3 Å². The Kier molecular flexibility index (Phi) is 5.14. The molecule has 4 rings (SSSR count). The Morgan fingerprint density at radius 2 is 1.89 bits per heavy atom. The molecule has 0 aliphatic carbocycles. The molecular formula is C19H20N6O3. The van der Waals surface area contributed by atoms with Crippen LogP contribution in [0.4, 0.5) is 0 Å². The molecule has 1 atom stereocenters. The number of rotatable bonds is 5. The number of para-hydroxylation sites is 1. The van der Waals surface area contributed by atoms with Gasteiger partial charge < -0.3 is 14.4 Å². The molecule has 28 heavy (non-hydrogen) atoms. The van der Waals surface area contributed by atoms with Crippen LogP contribution in [-0.2, 0) is 0 Å². The van der Waals surface area contributed by atoms with Crippen LogP contribution < -0.4 is 9.47 Å². The predicted molar refractivity (Wildman–Crippen MR) is 99.5 cm³/mol. The Balaban J connectivity index is 1.41. The highest BCUT2D eigenvalue weighted by Crippen LogP contribution is 2.19. The lowest BCUT2D eigenvalue weighted by atomic mass is 10.1. The van der Waals surface area contributed by atoms with Gasteiger partial charge in [0.15, 0.2) is 5.69 Å². The zero-order chi connectivity index (χ0) is 19.3. The van der Waals surface area contributed by atoms with Gasteiger partial charge in [0.05, 0.1) is 25.5 Å². The van der Waals surface area contributed by atoms with E-state index in [1.54, 1.807) is 17.0 Å². The van der Waals surface area contributed by atoms with Crippen molar-refractivity contribution in [3.05, 3.63) is 54.4 Å². The minimum atomic E-state index is -0.156. The number of nitrogens with zero attached hydrogens (tertiary/aromatic N) is 6. The maximum Gasteiger partial charge on any atom is 0.276 e. The molecule has 144 valence electrons. The van der Waals surface area contributed by atoms with Crippen LogP contribution >= 0.6 is 0 Å². The molecule has 1 fully saturated rings. The molecule has 0 spiro atoms. The third kappa shape index (κ3) is 3.93. The van der Waals surface area contributed by atoms with Crippen molar-refractivity contribution in [3.8, 4) is 17.4 Å². The predicted octanol–water partition coefficient (Wildman–Crippen LogP) is 1.75. The summed E-state index contributed by atoms with van der Waals surface area (Å²) >= 11 is 0. The molecule has 1 saturated heterocycles. The van der Waals surface area contributed by atoms with Crippen LogP contribution in [0.1, 0.15) is 23.3 Å². The maximum atomic E-state index is 12.8. The molecule has 1 aliphatic rings. The van der Waals surface area contributed by atoms with Crippen molar-refractivity contribution in [2.45, 2.75) is 18.9 Å². The highest BCUT2D eigenvalue weighted by atomic mass is 16.5. The average Bonchev–Trinajstić information content (AvgIpc) is 3.25. The minimum Gasteiger partial charge on any atom is -0.480 e. The number of methoxy groups -OCH3 is 1. The van der Waals surface area contributed by atoms with Crippen molar-refractivity contribution in [1.82, 2.24) is 30.1 Å². The van der Waals surface area contributed by atoms with E-state index in [1.807, 2.05) is 30.3 Å². The molecule has 3 heterocycles. The number of likely N-dealkylation sites (tertiary alicyclic amines) is 1. The largest absolute Gasteiger partial charge is 0.480 e. The normalized spacial score (nSPS) is 16.6. The second-order valence-electron chi connectivity index (χ2n) is 6.40. The molecule has 9 heteroatoms. The number of piperidine rings is 1. The Morgan fingerprint density at radius 3 is 2.64 bits per heavy atom. The van der Waals surface area contributed by atoms with Gasteiger partial charge in [0.25, 0.3) is 5.91 Å². The smallest absolute Gasteiger partial charge is 0.276 e. The van der Waals surface area contributed by atoms with E-state index >= 15 is 0 Å². The van der Waals surface area contributed by atoms with Gasteiger partial charge in [0, 0.05) is 18.7 Å². The van der Waals surface area contributed by atoms with Crippen LogP contribution in [0.3, 0.4) is 0 Å². The van der Waals surface area contributed by atoms with Crippen LogP contribution in [-0.4, -0.2) is 62.3 Å². The van der Waals surface area contributed by atoms with Crippen LogP contribution in [0.2, 0.25) is 0 Å². The van der Waals surface area contributed by atoms with E-state index in [0.29, 0.717) is 30.5 Å². The first kappa shape index (κ1) is 17.9. The minimum absolute atomic E-state index is 0.149. The summed E-state index contributed by atoms with van der Waals surface area (Å²) in [5.74, 6) is 0.681. The van der Waals surface area contributed by atoms with E-state index in [0.717, 1.165) is 18.5 Å². The van der Waals surface area contributed by atoms with Crippen LogP contribution in [0.25, 0.3) is 5.69 Å². The number of carbonyl (C=O) groups is 1. The fourth-order valence-electron chi connectivity index (χ4n) is 3.08. The lowest BCUT2D eigenvalue weighted by Crippen LogP contribution is -2.44. The van der Waals surface area contributed by atoms with Crippen LogP contribution in [0.5, 0.6) is 11.8 Å². The zero-order valence-corrected chi connectivity index (χ0v) is 15.4. The van der Waals surface area contributed by atoms with Gasteiger partial charge in [-0.05, 0) is 25.0 Å². The van der Waals surface area contributed by atoms with Gasteiger partial charge in [-0.25, -0.2) is 0 Å². The van der Waals surface area contributed by atoms with Gasteiger partial charge in [-0.1, -0.05) is 18.2 Å². The third-order valence-corrected chi connectivity index (χ3v) is 4.48. The number of aromatic nitrogens is 5. The highest BCUT2D eigenvalue weighted by molar-refractivity contribution is 5.92. The van der Waals surface area contributed by atoms with Crippen molar-refractivity contribution in [2.75, 3.05) is 20.2 Å². The van der Waals surface area contributed by atoms with Crippen LogP contribution in [0.15, 0.2) is 48.7 Å². The number of benzene rings is 1. The molecule has 1 unspecified atom stereocenters. The first-order valence-electron chi connectivity index (χ1n) is 9.04. The Hall–Kier alpha value is -3.49. The van der Waals surface area contributed by atoms with E-state index in [-0.39, 0.29) is 12.0 Å². The van der Waals surface area contributed by atoms with Gasteiger partial charge in [-0.15, -0.1) is 15.3 Å². The quantitative estimate of drug-likeness (QED) is 0.665. The second kappa shape index (κ2) is 8.03. The summed E-state index contributed by atoms with van der Waals surface area (Å²) in [6.07, 6.45) is 3.03. The Morgan fingerprint density at radius 1 is 1.11 bits per heavy atom. The molecule has 1 aromatic carbocycles. The first-order valence-corrected chi connectivity index (χ1v) is 9.04. The topological polar surface area (TPSA) is 95.3 Å². The molecule has 0 N–H and O–H groups in total. The fourth-order valence-corrected chi connectivity index (χ4v) is 3.08. The fraction of sp³-hybridized carbons (Fsp3) is 0.316. The van der Waals surface area contributed by atoms with E-state index in [9.17, 15) is 4.79 Å². The number of amides is 1. The first-order chi connectivity index (χ1) is 13.7. The standard InChI is InChI=1S/C19H20N6O3/c1-27-17-9-10-18(22-21-17)28-15-8-5-11-24(13-15)19(26)16-12-20-25(23-16)14-6-3-2-4-7-14/h2-4,6-7,9-10,12,15H,5,8,11,13H2,1H3. The van der Waals surface area contributed by atoms with Crippen molar-refractivity contribution in [3.63, 3.8) is 0 Å². The summed E-state index contributed by atoms with van der Waals surface area (Å²) in [6.45, 7) is 1.12. The zero-order valence-electron chi connectivity index (χ0n) is 15.4. The van der Waals surface area contributed by atoms with Crippen molar-refractivity contribution >= 4 is 5.91 Å². The second-order valence-corrected chi connectivity index (χ2v) is 6.40. The van der Waals surface area contributed by atoms with Crippen molar-refractivity contribution in [2.24, 2.45) is 0 Å². The van der Waals surface area contributed by atoms with Gasteiger partial charge in [-0.3, -0.25) is 4.79 Å². The molecular weight excluding hydrogens is 360 g/mol. The Bertz CT molecular complexity index is 928. The van der Waals surface area contributed by atoms with E-state index in [4.69, 9.17) is 9.47 Å². The van der Waals surface area contributed by atoms with Gasteiger partial charge in [0.1, 0.15) is 6.10 Å². The Labute approximate surface area is 161 Å². The van der Waals surface area contributed by atoms with Crippen molar-refractivity contribution in [1.29, 1.82) is 0 Å². The highest BCUT2D eigenvalue weighted by Gasteiger charge is 2.27. The van der Waals surface area contributed by atoms with Crippen LogP contribution in [0, 0.1) is 0 Å². The molecule has 2 aromatic heterocycles. The molecule has 0 radical (unpaired) electrons. The summed E-state index contributed by atoms with van der Waals surface area (Å²) < 4.78 is 10.9. The number of ether oxygens (including phenoxy) is 2. The maximum absolute atomic E-state index is 12.8. The lowest BCUT2D eigenvalue weighted by molar-refractivity contribution is 0.0519. The summed E-state index contributed by atoms with van der Waals surface area (Å²) in [5.41, 5.74) is 1.12. The van der Waals surface area contributed by atoms with Gasteiger partial charge >= 0.3 is 0 Å². The number of hydrogen-bond acceptors (Lipinski definition) is 7. The molecule has 1 aliphatic heterocycles. The molecule has 0 bridgehead atoms. The van der Waals surface area contributed by atoms with E-state index < -0.39 is 0 Å². The SMILES string of the molecule is COc1ccc(OC2CCCN(C(=O)c3cnn(-c4ccccc4)n3)C2)nn1. The monoisotopic (exact) mass is 380 g/mol. The molecule has 9 nitrogen and oxygen atoms in total.